The summed E-state index contributed by atoms with van der Waals surface area (Å²) in [6.07, 6.45) is 4.14. The first kappa shape index (κ1) is 10.1. The lowest BCUT2D eigenvalue weighted by molar-refractivity contribution is -0.121. The molecule has 1 atom stereocenters. The van der Waals surface area contributed by atoms with E-state index in [2.05, 4.69) is 10.2 Å². The van der Waals surface area contributed by atoms with Gasteiger partial charge in [-0.3, -0.25) is 15.0 Å². The number of carbonyl (C=O) groups excluding carboxylic acids is 2. The minimum absolute atomic E-state index is 0.140. The molecule has 0 aromatic rings. The molecule has 1 N–H and O–H groups in total. The average molecular weight is 223 g/mol. The summed E-state index contributed by atoms with van der Waals surface area (Å²) in [5.74, 6) is -0.140. The fourth-order valence-corrected chi connectivity index (χ4v) is 2.72. The second kappa shape index (κ2) is 3.73. The number of nitrogens with one attached hydrogen (secondary N) is 1. The van der Waals surface area contributed by atoms with E-state index in [1.807, 2.05) is 4.90 Å². The minimum atomic E-state index is -0.195. The van der Waals surface area contributed by atoms with E-state index < -0.39 is 0 Å². The van der Waals surface area contributed by atoms with Gasteiger partial charge in [0.05, 0.1) is 0 Å². The van der Waals surface area contributed by atoms with E-state index in [-0.39, 0.29) is 11.9 Å². The molecule has 0 bridgehead atoms. The van der Waals surface area contributed by atoms with Crippen molar-refractivity contribution in [3.63, 3.8) is 0 Å². The molecule has 2 heterocycles. The zero-order valence-electron chi connectivity index (χ0n) is 9.32. The van der Waals surface area contributed by atoms with Crippen LogP contribution in [0.2, 0.25) is 0 Å². The van der Waals surface area contributed by atoms with Crippen molar-refractivity contribution < 1.29 is 9.59 Å². The Labute approximate surface area is 94.8 Å². The summed E-state index contributed by atoms with van der Waals surface area (Å²) >= 11 is 0. The summed E-state index contributed by atoms with van der Waals surface area (Å²) < 4.78 is 0. The van der Waals surface area contributed by atoms with Crippen molar-refractivity contribution in [3.05, 3.63) is 0 Å². The van der Waals surface area contributed by atoms with Crippen molar-refractivity contribution in [3.8, 4) is 0 Å². The molecule has 16 heavy (non-hydrogen) atoms. The standard InChI is InChI=1S/C11H17N3O2/c15-10-4-6-14(11(16)12-10)9-3-5-13(7-9)8-1-2-8/h8-9H,1-7H2,(H,12,15,16). The Kier molecular flexibility index (Phi) is 2.35. The molecule has 5 heteroatoms. The van der Waals surface area contributed by atoms with Gasteiger partial charge in [-0.05, 0) is 19.3 Å². The molecule has 3 rings (SSSR count). The van der Waals surface area contributed by atoms with Gasteiger partial charge in [-0.25, -0.2) is 4.79 Å². The summed E-state index contributed by atoms with van der Waals surface area (Å²) in [6.45, 7) is 2.69. The van der Waals surface area contributed by atoms with Gasteiger partial charge in [-0.15, -0.1) is 0 Å². The van der Waals surface area contributed by atoms with Gasteiger partial charge >= 0.3 is 6.03 Å². The molecule has 88 valence electrons. The summed E-state index contributed by atoms with van der Waals surface area (Å²) in [5, 5.41) is 2.40. The molecule has 0 aromatic heterocycles. The van der Waals surface area contributed by atoms with Crippen LogP contribution in [-0.2, 0) is 4.79 Å². The lowest BCUT2D eigenvalue weighted by Crippen LogP contribution is -2.54. The van der Waals surface area contributed by atoms with Crippen molar-refractivity contribution in [1.82, 2.24) is 15.1 Å². The second-order valence-electron chi connectivity index (χ2n) is 4.97. The third kappa shape index (κ3) is 1.80. The van der Waals surface area contributed by atoms with Crippen LogP contribution in [0.25, 0.3) is 0 Å². The number of rotatable bonds is 2. The molecule has 0 aromatic carbocycles. The molecule has 1 saturated carbocycles. The van der Waals surface area contributed by atoms with Crippen LogP contribution in [0.15, 0.2) is 0 Å². The maximum atomic E-state index is 11.7. The van der Waals surface area contributed by atoms with Crippen LogP contribution in [-0.4, -0.2) is 53.5 Å². The van der Waals surface area contributed by atoms with E-state index in [9.17, 15) is 9.59 Å². The van der Waals surface area contributed by atoms with Crippen molar-refractivity contribution in [2.75, 3.05) is 19.6 Å². The minimum Gasteiger partial charge on any atom is -0.320 e. The van der Waals surface area contributed by atoms with Crippen LogP contribution in [0.4, 0.5) is 4.79 Å². The molecular weight excluding hydrogens is 206 g/mol. The number of imide groups is 1. The molecule has 2 aliphatic heterocycles. The predicted octanol–water partition coefficient (Wildman–Crippen LogP) is 0.165. The highest BCUT2D eigenvalue weighted by atomic mass is 16.2. The van der Waals surface area contributed by atoms with E-state index in [0.29, 0.717) is 19.0 Å². The summed E-state index contributed by atoms with van der Waals surface area (Å²) in [7, 11) is 0. The topological polar surface area (TPSA) is 52.7 Å². The zero-order valence-corrected chi connectivity index (χ0v) is 9.32. The SMILES string of the molecule is O=C1CCN(C2CCN(C3CC3)C2)C(=O)N1. The van der Waals surface area contributed by atoms with E-state index in [1.54, 1.807) is 0 Å². The smallest absolute Gasteiger partial charge is 0.320 e. The number of urea groups is 1. The molecule has 5 nitrogen and oxygen atoms in total. The van der Waals surface area contributed by atoms with Crippen molar-refractivity contribution >= 4 is 11.9 Å². The first-order valence-electron chi connectivity index (χ1n) is 6.08. The Morgan fingerprint density at radius 3 is 2.56 bits per heavy atom. The van der Waals surface area contributed by atoms with Crippen LogP contribution < -0.4 is 5.32 Å². The highest BCUT2D eigenvalue weighted by molar-refractivity contribution is 5.96. The largest absolute Gasteiger partial charge is 0.324 e. The Morgan fingerprint density at radius 2 is 1.88 bits per heavy atom. The number of likely N-dealkylation sites (tertiary alicyclic amines) is 1. The van der Waals surface area contributed by atoms with Gasteiger partial charge in [0.2, 0.25) is 5.91 Å². The maximum absolute atomic E-state index is 11.7. The average Bonchev–Trinajstić information content (AvgIpc) is 2.98. The molecule has 1 unspecified atom stereocenters. The zero-order chi connectivity index (χ0) is 11.1. The number of amides is 3. The molecule has 3 amide bonds. The third-order valence-electron chi connectivity index (χ3n) is 3.79. The van der Waals surface area contributed by atoms with Crippen LogP contribution in [0.5, 0.6) is 0 Å². The van der Waals surface area contributed by atoms with Gasteiger partial charge in [-0.2, -0.15) is 0 Å². The first-order valence-corrected chi connectivity index (χ1v) is 6.08. The predicted molar refractivity (Wildman–Crippen MR) is 57.9 cm³/mol. The molecule has 0 spiro atoms. The van der Waals surface area contributed by atoms with Gasteiger partial charge in [0.25, 0.3) is 0 Å². The second-order valence-corrected chi connectivity index (χ2v) is 4.97. The molecule has 3 fully saturated rings. The molecule has 1 aliphatic carbocycles. The van der Waals surface area contributed by atoms with E-state index in [0.717, 1.165) is 25.6 Å². The lowest BCUT2D eigenvalue weighted by atomic mass is 10.2. The fraction of sp³-hybridized carbons (Fsp3) is 0.818. The highest BCUT2D eigenvalue weighted by Crippen LogP contribution is 2.31. The van der Waals surface area contributed by atoms with Crippen molar-refractivity contribution in [1.29, 1.82) is 0 Å². The summed E-state index contributed by atoms with van der Waals surface area (Å²) in [6, 6.07) is 0.895. The van der Waals surface area contributed by atoms with Gasteiger partial charge in [0.1, 0.15) is 0 Å². The van der Waals surface area contributed by atoms with E-state index in [1.165, 1.54) is 12.8 Å². The molecule has 0 radical (unpaired) electrons. The Balaban J connectivity index is 1.60. The van der Waals surface area contributed by atoms with Crippen molar-refractivity contribution in [2.45, 2.75) is 37.8 Å². The van der Waals surface area contributed by atoms with Gasteiger partial charge in [0, 0.05) is 38.1 Å². The highest BCUT2D eigenvalue weighted by Gasteiger charge is 2.38. The Bertz CT molecular complexity index is 327. The molecular formula is C11H17N3O2. The van der Waals surface area contributed by atoms with Gasteiger partial charge in [-0.1, -0.05) is 0 Å². The molecule has 3 aliphatic rings. The van der Waals surface area contributed by atoms with Gasteiger partial charge < -0.3 is 4.90 Å². The van der Waals surface area contributed by atoms with Crippen LogP contribution in [0.3, 0.4) is 0 Å². The van der Waals surface area contributed by atoms with E-state index in [4.69, 9.17) is 0 Å². The molecule has 2 saturated heterocycles. The number of hydrogen-bond acceptors (Lipinski definition) is 3. The summed E-state index contributed by atoms with van der Waals surface area (Å²) in [4.78, 5) is 27.0. The first-order chi connectivity index (χ1) is 7.74. The normalized spacial score (nSPS) is 32.0. The number of carbonyl (C=O) groups is 2. The van der Waals surface area contributed by atoms with E-state index >= 15 is 0 Å². The Morgan fingerprint density at radius 1 is 1.06 bits per heavy atom. The summed E-state index contributed by atoms with van der Waals surface area (Å²) in [5.41, 5.74) is 0. The van der Waals surface area contributed by atoms with Gasteiger partial charge in [0.15, 0.2) is 0 Å². The van der Waals surface area contributed by atoms with Crippen LogP contribution in [0.1, 0.15) is 25.7 Å². The number of nitrogens with zero attached hydrogens (tertiary/aromatic N) is 2. The van der Waals surface area contributed by atoms with Crippen molar-refractivity contribution in [2.24, 2.45) is 0 Å². The maximum Gasteiger partial charge on any atom is 0.324 e. The third-order valence-corrected chi connectivity index (χ3v) is 3.79. The van der Waals surface area contributed by atoms with Crippen LogP contribution in [0, 0.1) is 0 Å². The lowest BCUT2D eigenvalue weighted by Gasteiger charge is -2.32. The van der Waals surface area contributed by atoms with Crippen LogP contribution >= 0.6 is 0 Å². The number of hydrogen-bond donors (Lipinski definition) is 1. The monoisotopic (exact) mass is 223 g/mol. The quantitative estimate of drug-likeness (QED) is 0.726. The Hall–Kier alpha value is -1.10. The fourth-order valence-electron chi connectivity index (χ4n) is 2.72.